The van der Waals surface area contributed by atoms with Gasteiger partial charge in [0.05, 0.1) is 12.6 Å². The Balaban J connectivity index is 2.89. The molecule has 1 N–H and O–H groups in total. The Morgan fingerprint density at radius 3 is 2.39 bits per heavy atom. The summed E-state index contributed by atoms with van der Waals surface area (Å²) in [6.45, 7) is 7.56. The predicted octanol–water partition coefficient (Wildman–Crippen LogP) is 3.02. The summed E-state index contributed by atoms with van der Waals surface area (Å²) < 4.78 is 0. The number of hydrogen-bond acceptors (Lipinski definition) is 2. The first-order valence-electron chi connectivity index (χ1n) is 5.94. The number of halogens is 1. The van der Waals surface area contributed by atoms with Crippen LogP contribution in [0.2, 0.25) is 5.02 Å². The molecule has 1 aromatic rings. The van der Waals surface area contributed by atoms with Crippen LogP contribution in [0, 0.1) is 0 Å². The number of hydrogen-bond donors (Lipinski definition) is 1. The SMILES string of the molecule is CC(=O)N(CC(O)c1ccccc1Cl)C(C)(C)C. The van der Waals surface area contributed by atoms with Crippen LogP contribution in [0.15, 0.2) is 24.3 Å². The maximum atomic E-state index is 11.6. The van der Waals surface area contributed by atoms with E-state index in [9.17, 15) is 9.90 Å². The van der Waals surface area contributed by atoms with E-state index in [1.807, 2.05) is 32.9 Å². The molecule has 100 valence electrons. The van der Waals surface area contributed by atoms with Crippen LogP contribution in [0.25, 0.3) is 0 Å². The molecule has 0 aliphatic rings. The van der Waals surface area contributed by atoms with E-state index in [0.717, 1.165) is 0 Å². The van der Waals surface area contributed by atoms with Gasteiger partial charge < -0.3 is 10.0 Å². The lowest BCUT2D eigenvalue weighted by Gasteiger charge is -2.36. The molecule has 1 amide bonds. The molecule has 1 atom stereocenters. The van der Waals surface area contributed by atoms with Crippen molar-refractivity contribution in [3.05, 3.63) is 34.9 Å². The monoisotopic (exact) mass is 269 g/mol. The zero-order valence-electron chi connectivity index (χ0n) is 11.3. The van der Waals surface area contributed by atoms with Gasteiger partial charge in [0.1, 0.15) is 0 Å². The molecule has 0 aromatic heterocycles. The highest BCUT2D eigenvalue weighted by Gasteiger charge is 2.27. The second kappa shape index (κ2) is 5.72. The number of carbonyl (C=O) groups excluding carboxylic acids is 1. The van der Waals surface area contributed by atoms with E-state index in [1.54, 1.807) is 17.0 Å². The minimum atomic E-state index is -0.776. The van der Waals surface area contributed by atoms with Gasteiger partial charge in [-0.1, -0.05) is 29.8 Å². The Bertz CT molecular complexity index is 426. The smallest absolute Gasteiger partial charge is 0.219 e. The number of nitrogens with zero attached hydrogens (tertiary/aromatic N) is 1. The number of carbonyl (C=O) groups is 1. The average Bonchev–Trinajstić information content (AvgIpc) is 2.24. The number of benzene rings is 1. The molecule has 1 unspecified atom stereocenters. The summed E-state index contributed by atoms with van der Waals surface area (Å²) in [6, 6.07) is 7.13. The molecule has 0 saturated heterocycles. The zero-order chi connectivity index (χ0) is 13.9. The largest absolute Gasteiger partial charge is 0.387 e. The van der Waals surface area contributed by atoms with Gasteiger partial charge in [0.25, 0.3) is 0 Å². The third-order valence-corrected chi connectivity index (χ3v) is 3.15. The fourth-order valence-corrected chi connectivity index (χ4v) is 2.15. The Morgan fingerprint density at radius 2 is 1.94 bits per heavy atom. The quantitative estimate of drug-likeness (QED) is 0.916. The summed E-state index contributed by atoms with van der Waals surface area (Å²) >= 11 is 6.03. The van der Waals surface area contributed by atoms with Gasteiger partial charge >= 0.3 is 0 Å². The van der Waals surface area contributed by atoms with Gasteiger partial charge in [0, 0.05) is 23.0 Å². The van der Waals surface area contributed by atoms with Gasteiger partial charge in [-0.2, -0.15) is 0 Å². The number of aliphatic hydroxyl groups excluding tert-OH is 1. The molecular weight excluding hydrogens is 250 g/mol. The topological polar surface area (TPSA) is 40.5 Å². The molecule has 0 bridgehead atoms. The van der Waals surface area contributed by atoms with Crippen LogP contribution in [-0.4, -0.2) is 28.0 Å². The molecule has 0 heterocycles. The standard InChI is InChI=1S/C14H20ClNO2/c1-10(17)16(14(2,3)4)9-13(18)11-7-5-6-8-12(11)15/h5-8,13,18H,9H2,1-4H3. The van der Waals surface area contributed by atoms with Crippen LogP contribution in [0.4, 0.5) is 0 Å². The number of rotatable bonds is 3. The summed E-state index contributed by atoms with van der Waals surface area (Å²) in [5.41, 5.74) is 0.323. The molecule has 0 aliphatic carbocycles. The third kappa shape index (κ3) is 3.72. The van der Waals surface area contributed by atoms with Gasteiger partial charge in [-0.25, -0.2) is 0 Å². The van der Waals surface area contributed by atoms with Gasteiger partial charge in [-0.05, 0) is 26.8 Å². The van der Waals surface area contributed by atoms with Crippen LogP contribution in [-0.2, 0) is 4.79 Å². The molecule has 0 fully saturated rings. The Morgan fingerprint density at radius 1 is 1.39 bits per heavy atom. The number of aliphatic hydroxyl groups is 1. The van der Waals surface area contributed by atoms with E-state index in [2.05, 4.69) is 0 Å². The lowest BCUT2D eigenvalue weighted by molar-refractivity contribution is -0.135. The van der Waals surface area contributed by atoms with E-state index in [0.29, 0.717) is 10.6 Å². The Hall–Kier alpha value is -1.06. The molecule has 0 saturated carbocycles. The van der Waals surface area contributed by atoms with Crippen LogP contribution >= 0.6 is 11.6 Å². The van der Waals surface area contributed by atoms with Crippen molar-refractivity contribution in [3.63, 3.8) is 0 Å². The first kappa shape index (κ1) is 15.0. The maximum Gasteiger partial charge on any atom is 0.219 e. The van der Waals surface area contributed by atoms with Crippen LogP contribution < -0.4 is 0 Å². The average molecular weight is 270 g/mol. The molecule has 1 aromatic carbocycles. The van der Waals surface area contributed by atoms with E-state index in [4.69, 9.17) is 11.6 Å². The van der Waals surface area contributed by atoms with E-state index in [1.165, 1.54) is 6.92 Å². The number of amides is 1. The fraction of sp³-hybridized carbons (Fsp3) is 0.500. The third-order valence-electron chi connectivity index (χ3n) is 2.81. The van der Waals surface area contributed by atoms with Gasteiger partial charge in [-0.3, -0.25) is 4.79 Å². The van der Waals surface area contributed by atoms with Crippen molar-refractivity contribution in [2.75, 3.05) is 6.54 Å². The normalized spacial score (nSPS) is 13.2. The van der Waals surface area contributed by atoms with Gasteiger partial charge in [0.15, 0.2) is 0 Å². The summed E-state index contributed by atoms with van der Waals surface area (Å²) in [5, 5.41) is 10.7. The molecule has 0 aliphatic heterocycles. The summed E-state index contributed by atoms with van der Waals surface area (Å²) in [7, 11) is 0. The predicted molar refractivity (Wildman–Crippen MR) is 73.6 cm³/mol. The molecule has 1 rings (SSSR count). The summed E-state index contributed by atoms with van der Waals surface area (Å²) in [5.74, 6) is -0.0615. The summed E-state index contributed by atoms with van der Waals surface area (Å²) in [6.07, 6.45) is -0.776. The van der Waals surface area contributed by atoms with Gasteiger partial charge in [0.2, 0.25) is 5.91 Å². The molecule has 18 heavy (non-hydrogen) atoms. The lowest BCUT2D eigenvalue weighted by Crippen LogP contribution is -2.46. The highest BCUT2D eigenvalue weighted by Crippen LogP contribution is 2.25. The highest BCUT2D eigenvalue weighted by atomic mass is 35.5. The van der Waals surface area contributed by atoms with Crippen molar-refractivity contribution in [2.45, 2.75) is 39.3 Å². The van der Waals surface area contributed by atoms with E-state index < -0.39 is 6.10 Å². The van der Waals surface area contributed by atoms with E-state index in [-0.39, 0.29) is 18.0 Å². The second-order valence-electron chi connectivity index (χ2n) is 5.34. The van der Waals surface area contributed by atoms with Crippen molar-refractivity contribution in [3.8, 4) is 0 Å². The van der Waals surface area contributed by atoms with Crippen molar-refractivity contribution in [2.24, 2.45) is 0 Å². The molecule has 3 nitrogen and oxygen atoms in total. The van der Waals surface area contributed by atoms with Crippen molar-refractivity contribution in [1.82, 2.24) is 4.90 Å². The molecule has 0 radical (unpaired) electrons. The maximum absolute atomic E-state index is 11.6. The summed E-state index contributed by atoms with van der Waals surface area (Å²) in [4.78, 5) is 13.3. The Labute approximate surface area is 113 Å². The van der Waals surface area contributed by atoms with Crippen molar-refractivity contribution >= 4 is 17.5 Å². The second-order valence-corrected chi connectivity index (χ2v) is 5.74. The van der Waals surface area contributed by atoms with Gasteiger partial charge in [-0.15, -0.1) is 0 Å². The van der Waals surface area contributed by atoms with Crippen molar-refractivity contribution in [1.29, 1.82) is 0 Å². The molecular formula is C14H20ClNO2. The minimum Gasteiger partial charge on any atom is -0.387 e. The zero-order valence-corrected chi connectivity index (χ0v) is 12.0. The molecule has 0 spiro atoms. The first-order valence-corrected chi connectivity index (χ1v) is 6.32. The van der Waals surface area contributed by atoms with Crippen molar-refractivity contribution < 1.29 is 9.90 Å². The lowest BCUT2D eigenvalue weighted by atomic mass is 10.0. The highest BCUT2D eigenvalue weighted by molar-refractivity contribution is 6.31. The number of β-amino-alcohol motifs (C(OH)–C–C–N with tert-alkyl or cyclic N) is 1. The van der Waals surface area contributed by atoms with Crippen LogP contribution in [0.5, 0.6) is 0 Å². The van der Waals surface area contributed by atoms with Crippen LogP contribution in [0.1, 0.15) is 39.4 Å². The van der Waals surface area contributed by atoms with Crippen LogP contribution in [0.3, 0.4) is 0 Å². The Kier molecular flexibility index (Phi) is 4.77. The van der Waals surface area contributed by atoms with E-state index >= 15 is 0 Å². The minimum absolute atomic E-state index is 0.0615. The first-order chi connectivity index (χ1) is 8.23. The fourth-order valence-electron chi connectivity index (χ4n) is 1.89. The molecule has 4 heteroatoms.